The van der Waals surface area contributed by atoms with Crippen molar-refractivity contribution < 1.29 is 26.3 Å². The molecule has 7 nitrogen and oxygen atoms in total. The molecule has 3 rings (SSSR count). The van der Waals surface area contributed by atoms with Crippen LogP contribution >= 0.6 is 0 Å². The van der Waals surface area contributed by atoms with Crippen LogP contribution in [0.25, 0.3) is 0 Å². The van der Waals surface area contributed by atoms with E-state index in [1.165, 1.54) is 23.5 Å². The minimum atomic E-state index is -3.70. The number of sulfonamides is 1. The first-order valence-electron chi connectivity index (χ1n) is 10.3. The van der Waals surface area contributed by atoms with Crippen LogP contribution in [0.5, 0.6) is 11.5 Å². The highest BCUT2D eigenvalue weighted by atomic mass is 32.2. The summed E-state index contributed by atoms with van der Waals surface area (Å²) < 4.78 is 64.2. The number of methoxy groups -OCH3 is 1. The number of rotatable bonds is 8. The van der Waals surface area contributed by atoms with E-state index in [-0.39, 0.29) is 35.7 Å². The van der Waals surface area contributed by atoms with E-state index in [2.05, 4.69) is 0 Å². The van der Waals surface area contributed by atoms with Gasteiger partial charge in [0.1, 0.15) is 11.5 Å². The lowest BCUT2D eigenvalue weighted by atomic mass is 10.2. The summed E-state index contributed by atoms with van der Waals surface area (Å²) in [4.78, 5) is 0.429. The molecule has 0 amide bonds. The van der Waals surface area contributed by atoms with E-state index in [0.717, 1.165) is 12.0 Å². The van der Waals surface area contributed by atoms with Crippen LogP contribution in [0.3, 0.4) is 0 Å². The average Bonchev–Trinajstić information content (AvgIpc) is 2.78. The van der Waals surface area contributed by atoms with Crippen molar-refractivity contribution in [3.05, 3.63) is 48.0 Å². The molecule has 170 valence electrons. The van der Waals surface area contributed by atoms with Gasteiger partial charge in [-0.2, -0.15) is 4.31 Å². The third kappa shape index (κ3) is 5.05. The number of hydrogen-bond donors (Lipinski definition) is 0. The van der Waals surface area contributed by atoms with Gasteiger partial charge in [0.05, 0.1) is 28.8 Å². The summed E-state index contributed by atoms with van der Waals surface area (Å²) in [7, 11) is -5.71. The normalized spacial score (nSPS) is 16.2. The Balaban J connectivity index is 1.71. The molecule has 0 aliphatic carbocycles. The topological polar surface area (TPSA) is 90.0 Å². The predicted octanol–water partition coefficient (Wildman–Crippen LogP) is 3.42. The summed E-state index contributed by atoms with van der Waals surface area (Å²) in [5.74, 6) is 1.26. The number of aryl methyl sites for hydroxylation is 1. The van der Waals surface area contributed by atoms with Crippen LogP contribution in [-0.2, 0) is 19.9 Å². The van der Waals surface area contributed by atoms with Crippen molar-refractivity contribution in [2.75, 3.05) is 26.8 Å². The second-order valence-electron chi connectivity index (χ2n) is 7.60. The van der Waals surface area contributed by atoms with Crippen LogP contribution in [0.15, 0.2) is 52.3 Å². The summed E-state index contributed by atoms with van der Waals surface area (Å²) in [5.41, 5.74) is 0.756. The van der Waals surface area contributed by atoms with E-state index >= 15 is 0 Å². The lowest BCUT2D eigenvalue weighted by Crippen LogP contribution is -2.42. The van der Waals surface area contributed by atoms with Crippen molar-refractivity contribution in [3.63, 3.8) is 0 Å². The molecule has 0 atom stereocenters. The lowest BCUT2D eigenvalue weighted by Gasteiger charge is -2.31. The summed E-state index contributed by atoms with van der Waals surface area (Å²) in [5, 5.41) is -0.612. The molecule has 2 aromatic rings. The van der Waals surface area contributed by atoms with Crippen molar-refractivity contribution in [1.82, 2.24) is 4.31 Å². The van der Waals surface area contributed by atoms with E-state index in [1.54, 1.807) is 30.3 Å². The molecule has 1 aliphatic heterocycles. The largest absolute Gasteiger partial charge is 0.497 e. The molecule has 0 aromatic heterocycles. The summed E-state index contributed by atoms with van der Waals surface area (Å²) in [6, 6.07) is 11.1. The molecular formula is C22H29NO6S2. The second-order valence-corrected chi connectivity index (χ2v) is 11.8. The van der Waals surface area contributed by atoms with E-state index in [4.69, 9.17) is 9.47 Å². The third-order valence-corrected chi connectivity index (χ3v) is 9.65. The van der Waals surface area contributed by atoms with Crippen LogP contribution in [0.2, 0.25) is 0 Å². The van der Waals surface area contributed by atoms with Gasteiger partial charge in [0.15, 0.2) is 9.84 Å². The van der Waals surface area contributed by atoms with Gasteiger partial charge in [0.2, 0.25) is 10.0 Å². The van der Waals surface area contributed by atoms with Crippen molar-refractivity contribution in [2.45, 2.75) is 48.2 Å². The number of ether oxygens (including phenoxy) is 2. The first-order chi connectivity index (χ1) is 14.7. The number of piperidine rings is 1. The lowest BCUT2D eigenvalue weighted by molar-refractivity contribution is 0.315. The van der Waals surface area contributed by atoms with E-state index in [1.807, 2.05) is 13.8 Å². The maximum absolute atomic E-state index is 13.1. The molecule has 1 aliphatic rings. The number of hydrogen-bond acceptors (Lipinski definition) is 6. The minimum Gasteiger partial charge on any atom is -0.497 e. The Morgan fingerprint density at radius 1 is 0.968 bits per heavy atom. The van der Waals surface area contributed by atoms with Crippen molar-refractivity contribution >= 4 is 19.9 Å². The van der Waals surface area contributed by atoms with Gasteiger partial charge in [-0.1, -0.05) is 6.92 Å². The van der Waals surface area contributed by atoms with Gasteiger partial charge in [0.25, 0.3) is 0 Å². The highest BCUT2D eigenvalue weighted by molar-refractivity contribution is 7.92. The van der Waals surface area contributed by atoms with Crippen molar-refractivity contribution in [2.24, 2.45) is 0 Å². The Morgan fingerprint density at radius 3 is 2.13 bits per heavy atom. The van der Waals surface area contributed by atoms with Crippen LogP contribution in [-0.4, -0.2) is 53.2 Å². The quantitative estimate of drug-likeness (QED) is 0.591. The molecular weight excluding hydrogens is 438 g/mol. The fourth-order valence-electron chi connectivity index (χ4n) is 3.65. The molecule has 0 N–H and O–H groups in total. The number of nitrogens with zero attached hydrogens (tertiary/aromatic N) is 1. The molecule has 0 spiro atoms. The van der Waals surface area contributed by atoms with E-state index in [0.29, 0.717) is 18.1 Å². The molecule has 0 bridgehead atoms. The van der Waals surface area contributed by atoms with Gasteiger partial charge in [0, 0.05) is 13.1 Å². The summed E-state index contributed by atoms with van der Waals surface area (Å²) >= 11 is 0. The van der Waals surface area contributed by atoms with Gasteiger partial charge in [-0.3, -0.25) is 0 Å². The van der Waals surface area contributed by atoms with Gasteiger partial charge in [-0.15, -0.1) is 0 Å². The van der Waals surface area contributed by atoms with E-state index in [9.17, 15) is 16.8 Å². The highest BCUT2D eigenvalue weighted by Gasteiger charge is 2.35. The summed E-state index contributed by atoms with van der Waals surface area (Å²) in [6.45, 7) is 4.72. The first kappa shape index (κ1) is 23.6. The molecule has 0 radical (unpaired) electrons. The molecule has 0 saturated carbocycles. The first-order valence-corrected chi connectivity index (χ1v) is 13.3. The zero-order chi connectivity index (χ0) is 22.6. The Kier molecular flexibility index (Phi) is 7.28. The Hall–Kier alpha value is -2.10. The molecule has 1 saturated heterocycles. The molecule has 1 heterocycles. The van der Waals surface area contributed by atoms with Gasteiger partial charge in [-0.05, 0) is 74.2 Å². The van der Waals surface area contributed by atoms with Crippen LogP contribution < -0.4 is 9.47 Å². The summed E-state index contributed by atoms with van der Waals surface area (Å²) in [6.07, 6.45) is 1.38. The Bertz CT molecular complexity index is 1100. The Labute approximate surface area is 185 Å². The van der Waals surface area contributed by atoms with Crippen LogP contribution in [0.4, 0.5) is 0 Å². The third-order valence-electron chi connectivity index (χ3n) is 5.47. The maximum Gasteiger partial charge on any atom is 0.243 e. The van der Waals surface area contributed by atoms with E-state index < -0.39 is 25.1 Å². The highest BCUT2D eigenvalue weighted by Crippen LogP contribution is 2.30. The molecule has 1 fully saturated rings. The zero-order valence-corrected chi connectivity index (χ0v) is 19.7. The monoisotopic (exact) mass is 467 g/mol. The standard InChI is InChI=1S/C22H29NO6S2/c1-4-15-29-22-10-9-21(16-17(22)2)31(26,27)23-13-11-20(12-14-23)30(24,25)19-7-5-18(28-3)6-8-19/h5-10,16,20H,4,11-15H2,1-3H3. The Morgan fingerprint density at radius 2 is 1.58 bits per heavy atom. The second kappa shape index (κ2) is 9.58. The van der Waals surface area contributed by atoms with Crippen molar-refractivity contribution in [3.8, 4) is 11.5 Å². The average molecular weight is 468 g/mol. The fraction of sp³-hybridized carbons (Fsp3) is 0.455. The van der Waals surface area contributed by atoms with Crippen molar-refractivity contribution in [1.29, 1.82) is 0 Å². The van der Waals surface area contributed by atoms with Crippen LogP contribution in [0.1, 0.15) is 31.7 Å². The molecule has 9 heteroatoms. The smallest absolute Gasteiger partial charge is 0.243 e. The van der Waals surface area contributed by atoms with Gasteiger partial charge < -0.3 is 9.47 Å². The minimum absolute atomic E-state index is 0.162. The maximum atomic E-state index is 13.1. The van der Waals surface area contributed by atoms with Gasteiger partial charge in [-0.25, -0.2) is 16.8 Å². The molecule has 31 heavy (non-hydrogen) atoms. The molecule has 0 unspecified atom stereocenters. The predicted molar refractivity (Wildman–Crippen MR) is 119 cm³/mol. The number of benzene rings is 2. The SMILES string of the molecule is CCCOc1ccc(S(=O)(=O)N2CCC(S(=O)(=O)c3ccc(OC)cc3)CC2)cc1C. The van der Waals surface area contributed by atoms with Gasteiger partial charge >= 0.3 is 0 Å². The fourth-order valence-corrected chi connectivity index (χ4v) is 6.93. The van der Waals surface area contributed by atoms with Crippen LogP contribution in [0, 0.1) is 6.92 Å². The zero-order valence-electron chi connectivity index (χ0n) is 18.1. The molecule has 2 aromatic carbocycles. The number of sulfone groups is 1.